The number of nitrogens with one attached hydrogen (secondary N) is 1. The molecule has 48 heavy (non-hydrogen) atoms. The summed E-state index contributed by atoms with van der Waals surface area (Å²) in [6.45, 7) is 3.05. The molecular weight excluding hydrogens is 763 g/mol. The van der Waals surface area contributed by atoms with Crippen molar-refractivity contribution in [3.8, 4) is 40.4 Å². The van der Waals surface area contributed by atoms with Gasteiger partial charge >= 0.3 is 0 Å². The number of rotatable bonds is 8. The Balaban J connectivity index is 0.000000228. The van der Waals surface area contributed by atoms with Crippen LogP contribution in [0.3, 0.4) is 0 Å². The van der Waals surface area contributed by atoms with Crippen LogP contribution in [0.15, 0.2) is 104 Å². The van der Waals surface area contributed by atoms with Gasteiger partial charge in [0.1, 0.15) is 47.0 Å². The molecule has 0 aromatic carbocycles. The third-order valence-electron chi connectivity index (χ3n) is 6.21. The monoisotopic (exact) mass is 793 g/mol. The van der Waals surface area contributed by atoms with Gasteiger partial charge in [-0.25, -0.2) is 9.97 Å². The number of hydrogen-bond acceptors (Lipinski definition) is 13. The molecule has 0 aliphatic carbocycles. The maximum absolute atomic E-state index is 7.73. The summed E-state index contributed by atoms with van der Waals surface area (Å²) >= 11 is 3.28. The summed E-state index contributed by atoms with van der Waals surface area (Å²) < 4.78 is 13.4. The predicted molar refractivity (Wildman–Crippen MR) is 180 cm³/mol. The Hall–Kier alpha value is -5.45. The first-order valence-electron chi connectivity index (χ1n) is 13.9. The Morgan fingerprint density at radius 2 is 1.54 bits per heavy atom. The number of amidine groups is 1. The number of hydrogen-bond donors (Lipinski definition) is 3. The van der Waals surface area contributed by atoms with Crippen molar-refractivity contribution in [3.63, 3.8) is 0 Å². The summed E-state index contributed by atoms with van der Waals surface area (Å²) in [5, 5.41) is 40.3. The van der Waals surface area contributed by atoms with E-state index >= 15 is 0 Å². The van der Waals surface area contributed by atoms with E-state index in [0.717, 1.165) is 17.0 Å². The quantitative estimate of drug-likeness (QED) is 0.0881. The van der Waals surface area contributed by atoms with E-state index < -0.39 is 0 Å². The van der Waals surface area contributed by atoms with Crippen molar-refractivity contribution >= 4 is 34.3 Å². The zero-order valence-corrected chi connectivity index (χ0v) is 29.1. The number of anilines is 1. The van der Waals surface area contributed by atoms with Gasteiger partial charge in [0.25, 0.3) is 0 Å². The Labute approximate surface area is 301 Å². The van der Waals surface area contributed by atoms with Gasteiger partial charge in [0.15, 0.2) is 5.82 Å². The normalized spacial score (nSPS) is 10.3. The lowest BCUT2D eigenvalue weighted by Gasteiger charge is -2.03. The maximum Gasteiger partial charge on any atom is 0.182 e. The summed E-state index contributed by atoms with van der Waals surface area (Å²) in [6.07, 6.45) is 7.78. The highest BCUT2D eigenvalue weighted by atomic mass is 127. The SMILES string of the molecule is CC=CC#N.N=C(N)c1cc(-c2ccon2)n(Cc2ccsc2)n1.Nc1ccnc(-c2cc(-c3ccon3)n(Cc3ccsc3)n2)n1.[2H-].[I-]. The molecule has 0 amide bonds. The number of halogens is 1. The molecule has 7 heterocycles. The minimum atomic E-state index is -0.0613. The molecule has 0 saturated heterocycles. The second kappa shape index (κ2) is 17.5. The topological polar surface area (TPSA) is 213 Å². The van der Waals surface area contributed by atoms with Gasteiger partial charge in [-0.15, -0.1) is 0 Å². The molecule has 246 valence electrons. The molecule has 0 aliphatic rings. The van der Waals surface area contributed by atoms with Gasteiger partial charge in [0, 0.05) is 24.4 Å². The Kier molecular flexibility index (Phi) is 12.9. The van der Waals surface area contributed by atoms with Crippen LogP contribution in [0.2, 0.25) is 0 Å². The number of nitriles is 1. The van der Waals surface area contributed by atoms with E-state index in [1.54, 1.807) is 63.9 Å². The molecule has 0 saturated carbocycles. The summed E-state index contributed by atoms with van der Waals surface area (Å²) in [5.41, 5.74) is 17.6. The molecule has 5 N–H and O–H groups in total. The van der Waals surface area contributed by atoms with Crippen LogP contribution >= 0.6 is 22.7 Å². The van der Waals surface area contributed by atoms with Crippen molar-refractivity contribution in [2.45, 2.75) is 20.0 Å². The highest BCUT2D eigenvalue weighted by Gasteiger charge is 2.16. The van der Waals surface area contributed by atoms with Crippen LogP contribution in [-0.2, 0) is 13.1 Å². The fourth-order valence-electron chi connectivity index (χ4n) is 4.10. The van der Waals surface area contributed by atoms with Gasteiger partial charge in [0.2, 0.25) is 0 Å². The number of allylic oxidation sites excluding steroid dienone is 2. The third kappa shape index (κ3) is 9.31. The number of nitrogen functional groups attached to an aromatic ring is 2. The van der Waals surface area contributed by atoms with Crippen LogP contribution in [0.25, 0.3) is 34.3 Å². The van der Waals surface area contributed by atoms with Crippen molar-refractivity contribution in [1.29, 1.82) is 10.7 Å². The lowest BCUT2D eigenvalue weighted by molar-refractivity contribution is -0.0000110. The first kappa shape index (κ1) is 35.4. The minimum absolute atomic E-state index is 0. The van der Waals surface area contributed by atoms with Gasteiger partial charge in [-0.3, -0.25) is 14.8 Å². The Morgan fingerprint density at radius 3 is 2.00 bits per heavy atom. The van der Waals surface area contributed by atoms with E-state index in [9.17, 15) is 0 Å². The van der Waals surface area contributed by atoms with Crippen LogP contribution in [0.5, 0.6) is 0 Å². The van der Waals surface area contributed by atoms with E-state index in [1.807, 2.05) is 40.6 Å². The van der Waals surface area contributed by atoms with Gasteiger partial charge < -0.3 is 45.9 Å². The molecule has 0 atom stereocenters. The molecule has 0 fully saturated rings. The lowest BCUT2D eigenvalue weighted by Crippen LogP contribution is -3.00. The molecule has 7 aromatic rings. The molecule has 7 aromatic heterocycles. The van der Waals surface area contributed by atoms with Crippen LogP contribution in [0, 0.1) is 16.7 Å². The second-order valence-corrected chi connectivity index (χ2v) is 11.1. The van der Waals surface area contributed by atoms with Crippen LogP contribution < -0.4 is 35.4 Å². The van der Waals surface area contributed by atoms with Gasteiger partial charge in [-0.2, -0.15) is 38.1 Å². The predicted octanol–water partition coefficient (Wildman–Crippen LogP) is 2.82. The molecule has 17 heteroatoms. The van der Waals surface area contributed by atoms with Gasteiger partial charge in [-0.05, 0) is 69.9 Å². The summed E-state index contributed by atoms with van der Waals surface area (Å²) in [5.74, 6) is 0.831. The summed E-state index contributed by atoms with van der Waals surface area (Å²) in [7, 11) is 0. The third-order valence-corrected chi connectivity index (χ3v) is 7.67. The second-order valence-electron chi connectivity index (χ2n) is 9.53. The standard InChI is InChI=1S/C15H12N6OS.C12H11N5OS.C4H5N.HI.H/c16-14-1-4-17-15(18-14)12-7-13(11-2-5-22-20-11)21(19-12)8-10-3-6-23-9-10;13-12(14)10-5-11(9-1-3-18-16-9)17(15-10)6-8-2-4-19-7-8;1-2-3-4-5;;/h1-7,9H,8H2,(H2,16,17,18);1-5,7H,6H2,(H3,13,14);2-3H,1H3;1H;/q;;;;-1/p-1/i;;;;1+1. The first-order valence-corrected chi connectivity index (χ1v) is 15.8. The zero-order valence-electron chi connectivity index (χ0n) is 26.3. The minimum Gasteiger partial charge on any atom is -1.00 e. The van der Waals surface area contributed by atoms with Crippen molar-refractivity contribution in [2.75, 3.05) is 5.73 Å². The average Bonchev–Trinajstić information content (AvgIpc) is 3.91. The van der Waals surface area contributed by atoms with Crippen LogP contribution in [-0.4, -0.2) is 45.7 Å². The summed E-state index contributed by atoms with van der Waals surface area (Å²) in [6, 6.07) is 14.8. The fourth-order valence-corrected chi connectivity index (χ4v) is 5.42. The largest absolute Gasteiger partial charge is 1.00 e. The smallest absolute Gasteiger partial charge is 0.182 e. The van der Waals surface area contributed by atoms with E-state index in [1.165, 1.54) is 24.2 Å². The van der Waals surface area contributed by atoms with Crippen molar-refractivity contribution in [3.05, 3.63) is 112 Å². The first-order chi connectivity index (χ1) is 22.9. The number of nitrogens with zero attached hydrogens (tertiary/aromatic N) is 9. The molecular formula is C31H29IN12O2S2-2. The van der Waals surface area contributed by atoms with Crippen LogP contribution in [0.1, 0.15) is 25.2 Å². The maximum atomic E-state index is 7.73. The van der Waals surface area contributed by atoms with E-state index in [-0.39, 0.29) is 31.2 Å². The molecule has 0 spiro atoms. The van der Waals surface area contributed by atoms with E-state index in [2.05, 4.69) is 47.3 Å². The molecule has 0 aliphatic heterocycles. The highest BCUT2D eigenvalue weighted by molar-refractivity contribution is 7.08. The summed E-state index contributed by atoms with van der Waals surface area (Å²) in [4.78, 5) is 8.46. The molecule has 14 nitrogen and oxygen atoms in total. The molecule has 0 unspecified atom stereocenters. The van der Waals surface area contributed by atoms with Crippen molar-refractivity contribution in [1.82, 2.24) is 39.8 Å². The average molecular weight is 794 g/mol. The fraction of sp³-hybridized carbons (Fsp3) is 0.0968. The van der Waals surface area contributed by atoms with E-state index in [4.69, 9.17) is 31.2 Å². The van der Waals surface area contributed by atoms with Crippen LogP contribution in [0.4, 0.5) is 5.82 Å². The zero-order chi connectivity index (χ0) is 33.0. The molecule has 0 bridgehead atoms. The Morgan fingerprint density at radius 1 is 0.938 bits per heavy atom. The van der Waals surface area contributed by atoms with Crippen molar-refractivity contribution in [2.24, 2.45) is 5.73 Å². The van der Waals surface area contributed by atoms with Crippen molar-refractivity contribution < 1.29 is 34.4 Å². The van der Waals surface area contributed by atoms with Gasteiger partial charge in [-0.1, -0.05) is 16.4 Å². The van der Waals surface area contributed by atoms with Gasteiger partial charge in [0.05, 0.1) is 30.5 Å². The molecule has 0 radical (unpaired) electrons. The Bertz CT molecular complexity index is 2070. The molecule has 7 rings (SSSR count). The number of nitrogens with two attached hydrogens (primary N) is 2. The highest BCUT2D eigenvalue weighted by Crippen LogP contribution is 2.25. The van der Waals surface area contributed by atoms with E-state index in [0.29, 0.717) is 47.5 Å². The number of thiophene rings is 2. The lowest BCUT2D eigenvalue weighted by atomic mass is 10.2. The number of aromatic nitrogens is 8.